The van der Waals surface area contributed by atoms with Crippen molar-refractivity contribution in [3.05, 3.63) is 0 Å². The normalized spacial score (nSPS) is 14.1. The standard InChI is InChI=1S/C77H150O17P2/c1-8-9-10-11-12-13-14-15-16-19-26-31-38-46-53-60-77(82)94-73(65-88-75(80)59-52-45-40-33-36-43-50-57-70(6)7)67-92-96(85,86)90-63-71(78)62-89-95(83,84)91-66-72(64-87-74(79)58-51-44-37-30-25-22-21-24-29-35-42-49-56-69(4)5)93-76(81)61-54-47-39-32-27-20-17-18-23-28-34-41-48-55-68(2)3/h68-73,78H,8-67H2,1-7H3,(H,83,84)(H,85,86)/t71-,72-,73-/m1/s1. The highest BCUT2D eigenvalue weighted by Crippen LogP contribution is 2.45. The number of carbonyl (C=O) groups excluding carboxylic acids is 4. The second-order valence-electron chi connectivity index (χ2n) is 29.2. The van der Waals surface area contributed by atoms with Crippen molar-refractivity contribution in [1.82, 2.24) is 0 Å². The van der Waals surface area contributed by atoms with Crippen LogP contribution in [0.25, 0.3) is 0 Å². The third-order valence-electron chi connectivity index (χ3n) is 17.9. The molecule has 0 aromatic carbocycles. The number of unbranched alkanes of at least 4 members (excludes halogenated alkanes) is 43. The minimum Gasteiger partial charge on any atom is -0.462 e. The molecule has 0 fully saturated rings. The molecule has 0 bridgehead atoms. The van der Waals surface area contributed by atoms with E-state index in [1.165, 1.54) is 199 Å². The molecule has 96 heavy (non-hydrogen) atoms. The van der Waals surface area contributed by atoms with Crippen LogP contribution in [0.5, 0.6) is 0 Å². The Balaban J connectivity index is 5.25. The number of aliphatic hydroxyl groups is 1. The zero-order valence-electron chi connectivity index (χ0n) is 62.8. The molecule has 570 valence electrons. The zero-order chi connectivity index (χ0) is 70.9. The molecule has 3 N–H and O–H groups in total. The Morgan fingerprint density at radius 1 is 0.281 bits per heavy atom. The summed E-state index contributed by atoms with van der Waals surface area (Å²) >= 11 is 0. The number of phosphoric ester groups is 2. The number of aliphatic hydroxyl groups excluding tert-OH is 1. The molecule has 0 radical (unpaired) electrons. The van der Waals surface area contributed by atoms with Gasteiger partial charge in [0.1, 0.15) is 19.3 Å². The van der Waals surface area contributed by atoms with Crippen LogP contribution in [0, 0.1) is 17.8 Å². The minimum absolute atomic E-state index is 0.107. The van der Waals surface area contributed by atoms with E-state index < -0.39 is 97.5 Å². The summed E-state index contributed by atoms with van der Waals surface area (Å²) in [6, 6.07) is 0. The molecule has 0 aromatic heterocycles. The van der Waals surface area contributed by atoms with E-state index in [0.29, 0.717) is 31.6 Å². The summed E-state index contributed by atoms with van der Waals surface area (Å²) in [5.74, 6) is 0.158. The average molecular weight is 1410 g/mol. The molecule has 0 rings (SSSR count). The first kappa shape index (κ1) is 94.1. The third kappa shape index (κ3) is 70.5. The van der Waals surface area contributed by atoms with Crippen LogP contribution in [0.1, 0.15) is 395 Å². The summed E-state index contributed by atoms with van der Waals surface area (Å²) < 4.78 is 68.6. The van der Waals surface area contributed by atoms with E-state index >= 15 is 0 Å². The van der Waals surface area contributed by atoms with Crippen LogP contribution in [0.15, 0.2) is 0 Å². The van der Waals surface area contributed by atoms with Gasteiger partial charge in [-0.3, -0.25) is 37.3 Å². The lowest BCUT2D eigenvalue weighted by Crippen LogP contribution is -2.30. The maximum atomic E-state index is 13.1. The molecule has 5 atom stereocenters. The lowest BCUT2D eigenvalue weighted by molar-refractivity contribution is -0.161. The van der Waals surface area contributed by atoms with E-state index in [9.17, 15) is 43.2 Å². The second-order valence-corrected chi connectivity index (χ2v) is 32.1. The molecule has 0 aromatic rings. The smallest absolute Gasteiger partial charge is 0.462 e. The van der Waals surface area contributed by atoms with Gasteiger partial charge in [0.25, 0.3) is 0 Å². The highest BCUT2D eigenvalue weighted by Gasteiger charge is 2.30. The van der Waals surface area contributed by atoms with Crippen molar-refractivity contribution < 1.29 is 80.2 Å². The highest BCUT2D eigenvalue weighted by molar-refractivity contribution is 7.47. The Bertz CT molecular complexity index is 1870. The van der Waals surface area contributed by atoms with Gasteiger partial charge in [-0.15, -0.1) is 0 Å². The van der Waals surface area contributed by atoms with Crippen LogP contribution in [0.3, 0.4) is 0 Å². The fraction of sp³-hybridized carbons (Fsp3) is 0.948. The van der Waals surface area contributed by atoms with Gasteiger partial charge in [-0.2, -0.15) is 0 Å². The van der Waals surface area contributed by atoms with Crippen molar-refractivity contribution in [2.45, 2.75) is 414 Å². The molecule has 19 heteroatoms. The van der Waals surface area contributed by atoms with E-state index in [1.54, 1.807) is 0 Å². The molecule has 0 aliphatic heterocycles. The van der Waals surface area contributed by atoms with Crippen LogP contribution < -0.4 is 0 Å². The van der Waals surface area contributed by atoms with Gasteiger partial charge in [0, 0.05) is 25.7 Å². The van der Waals surface area contributed by atoms with Crippen LogP contribution in [0.2, 0.25) is 0 Å². The molecule has 0 saturated carbocycles. The van der Waals surface area contributed by atoms with Gasteiger partial charge in [0.2, 0.25) is 0 Å². The van der Waals surface area contributed by atoms with E-state index in [1.807, 2.05) is 0 Å². The number of hydrogen-bond acceptors (Lipinski definition) is 15. The number of phosphoric acid groups is 2. The van der Waals surface area contributed by atoms with Crippen LogP contribution in [-0.2, 0) is 65.4 Å². The van der Waals surface area contributed by atoms with Crippen LogP contribution in [-0.4, -0.2) is 96.7 Å². The van der Waals surface area contributed by atoms with E-state index in [-0.39, 0.29) is 25.7 Å². The summed E-state index contributed by atoms with van der Waals surface area (Å²) in [5.41, 5.74) is 0. The Labute approximate surface area is 588 Å². The SMILES string of the molecule is CCCCCCCCCCCCCCCCCC(=O)O[C@H](COC(=O)CCCCCCCCCC(C)C)COP(=O)(O)OC[C@H](O)COP(=O)(O)OC[C@@H](COC(=O)CCCCCCCCCCCCCCC(C)C)OC(=O)CCCCCCCCCCCCCCCC(C)C. The number of ether oxygens (including phenoxy) is 4. The molecule has 0 amide bonds. The maximum Gasteiger partial charge on any atom is 0.472 e. The third-order valence-corrected chi connectivity index (χ3v) is 19.8. The Hall–Kier alpha value is -1.94. The molecular formula is C77H150O17P2. The van der Waals surface area contributed by atoms with Gasteiger partial charge in [-0.25, -0.2) is 9.13 Å². The summed E-state index contributed by atoms with van der Waals surface area (Å²) in [5, 5.41) is 10.6. The van der Waals surface area contributed by atoms with E-state index in [0.717, 1.165) is 108 Å². The van der Waals surface area contributed by atoms with Gasteiger partial charge in [-0.1, -0.05) is 344 Å². The average Bonchev–Trinajstić information content (AvgIpc) is 1.42. The Kier molecular flexibility index (Phi) is 66.2. The van der Waals surface area contributed by atoms with Crippen molar-refractivity contribution in [3.8, 4) is 0 Å². The van der Waals surface area contributed by atoms with Gasteiger partial charge < -0.3 is 33.8 Å². The molecule has 0 saturated heterocycles. The highest BCUT2D eigenvalue weighted by atomic mass is 31.2. The Morgan fingerprint density at radius 2 is 0.479 bits per heavy atom. The largest absolute Gasteiger partial charge is 0.472 e. The molecule has 2 unspecified atom stereocenters. The number of esters is 4. The van der Waals surface area contributed by atoms with Crippen molar-refractivity contribution in [2.24, 2.45) is 17.8 Å². The monoisotopic (exact) mass is 1410 g/mol. The molecule has 0 spiro atoms. The minimum atomic E-state index is -4.96. The molecule has 0 aliphatic rings. The van der Waals surface area contributed by atoms with Crippen molar-refractivity contribution >= 4 is 39.5 Å². The van der Waals surface area contributed by atoms with Gasteiger partial charge in [0.05, 0.1) is 26.4 Å². The molecule has 17 nitrogen and oxygen atoms in total. The quantitative estimate of drug-likeness (QED) is 0.0222. The maximum absolute atomic E-state index is 13.1. The number of rotatable bonds is 75. The predicted octanol–water partition coefficient (Wildman–Crippen LogP) is 22.6. The van der Waals surface area contributed by atoms with Gasteiger partial charge in [0.15, 0.2) is 12.2 Å². The van der Waals surface area contributed by atoms with Gasteiger partial charge >= 0.3 is 39.5 Å². The predicted molar refractivity (Wildman–Crippen MR) is 391 cm³/mol. The lowest BCUT2D eigenvalue weighted by atomic mass is 10.0. The molecular weight excluding hydrogens is 1260 g/mol. The first-order valence-electron chi connectivity index (χ1n) is 39.8. The molecule has 0 heterocycles. The number of carbonyl (C=O) groups is 4. The van der Waals surface area contributed by atoms with Crippen molar-refractivity contribution in [3.63, 3.8) is 0 Å². The van der Waals surface area contributed by atoms with Crippen LogP contribution in [0.4, 0.5) is 0 Å². The summed E-state index contributed by atoms with van der Waals surface area (Å²) in [6.07, 6.45) is 54.1. The summed E-state index contributed by atoms with van der Waals surface area (Å²) in [4.78, 5) is 72.9. The fourth-order valence-corrected chi connectivity index (χ4v) is 13.4. The van der Waals surface area contributed by atoms with Crippen LogP contribution >= 0.6 is 15.6 Å². The Morgan fingerprint density at radius 3 is 0.708 bits per heavy atom. The van der Waals surface area contributed by atoms with E-state index in [2.05, 4.69) is 48.5 Å². The topological polar surface area (TPSA) is 237 Å². The van der Waals surface area contributed by atoms with Crippen molar-refractivity contribution in [2.75, 3.05) is 39.6 Å². The zero-order valence-corrected chi connectivity index (χ0v) is 64.6. The van der Waals surface area contributed by atoms with E-state index in [4.69, 9.17) is 37.0 Å². The molecule has 0 aliphatic carbocycles. The summed E-state index contributed by atoms with van der Waals surface area (Å²) in [7, 11) is -9.91. The fourth-order valence-electron chi connectivity index (χ4n) is 11.8. The summed E-state index contributed by atoms with van der Waals surface area (Å²) in [6.45, 7) is 11.9. The second kappa shape index (κ2) is 67.5. The lowest BCUT2D eigenvalue weighted by Gasteiger charge is -2.21. The number of hydrogen-bond donors (Lipinski definition) is 3. The first-order chi connectivity index (χ1) is 46.2. The van der Waals surface area contributed by atoms with Crippen molar-refractivity contribution in [1.29, 1.82) is 0 Å². The first-order valence-corrected chi connectivity index (χ1v) is 42.8. The van der Waals surface area contributed by atoms with Gasteiger partial charge in [-0.05, 0) is 43.4 Å².